The monoisotopic (exact) mass is 239 g/mol. The lowest BCUT2D eigenvalue weighted by atomic mass is 10.2. The maximum Gasteiger partial charge on any atom is 0.358 e. The molecule has 1 atom stereocenters. The van der Waals surface area contributed by atoms with Gasteiger partial charge in [0.15, 0.2) is 5.69 Å². The van der Waals surface area contributed by atoms with Crippen molar-refractivity contribution in [2.75, 3.05) is 7.11 Å². The molecule has 0 bridgehead atoms. The van der Waals surface area contributed by atoms with E-state index in [0.717, 1.165) is 25.7 Å². The van der Waals surface area contributed by atoms with Crippen LogP contribution >= 0.6 is 0 Å². The first-order chi connectivity index (χ1) is 8.15. The van der Waals surface area contributed by atoms with E-state index in [0.29, 0.717) is 5.69 Å². The maximum atomic E-state index is 11.1. The minimum absolute atomic E-state index is 0.00579. The largest absolute Gasteiger partial charge is 0.476 e. The summed E-state index contributed by atoms with van der Waals surface area (Å²) < 4.78 is 6.96. The highest BCUT2D eigenvalue weighted by atomic mass is 16.5. The Morgan fingerprint density at radius 1 is 1.53 bits per heavy atom. The van der Waals surface area contributed by atoms with Crippen LogP contribution in [0.3, 0.4) is 0 Å². The molecule has 1 unspecified atom stereocenters. The van der Waals surface area contributed by atoms with Crippen LogP contribution in [0.1, 0.15) is 60.9 Å². The number of hydrogen-bond donors (Lipinski definition) is 1. The number of carboxylic acid groups (broad SMARTS) is 1. The Hall–Kier alpha value is -1.43. The zero-order valence-electron chi connectivity index (χ0n) is 10.1. The minimum Gasteiger partial charge on any atom is -0.476 e. The molecule has 94 valence electrons. The average Bonchev–Trinajstić information content (AvgIpc) is 2.95. The summed E-state index contributed by atoms with van der Waals surface area (Å²) in [5.74, 6) is -1.05. The Morgan fingerprint density at radius 3 is 2.71 bits per heavy atom. The van der Waals surface area contributed by atoms with E-state index in [4.69, 9.17) is 9.84 Å². The van der Waals surface area contributed by atoms with Crippen molar-refractivity contribution in [2.24, 2.45) is 0 Å². The van der Waals surface area contributed by atoms with Crippen LogP contribution in [-0.4, -0.2) is 33.2 Å². The van der Waals surface area contributed by atoms with E-state index in [-0.39, 0.29) is 17.8 Å². The molecular weight excluding hydrogens is 222 g/mol. The van der Waals surface area contributed by atoms with Crippen LogP contribution in [0.15, 0.2) is 0 Å². The summed E-state index contributed by atoms with van der Waals surface area (Å²) in [5, 5.41) is 16.9. The van der Waals surface area contributed by atoms with Crippen LogP contribution in [0.4, 0.5) is 0 Å². The summed E-state index contributed by atoms with van der Waals surface area (Å²) in [6.45, 7) is 1.82. The fourth-order valence-corrected chi connectivity index (χ4v) is 2.36. The number of aromatic carboxylic acids is 1. The van der Waals surface area contributed by atoms with Crippen LogP contribution in [0.25, 0.3) is 0 Å². The van der Waals surface area contributed by atoms with Gasteiger partial charge < -0.3 is 9.84 Å². The van der Waals surface area contributed by atoms with Gasteiger partial charge in [0.2, 0.25) is 0 Å². The molecule has 0 aromatic carbocycles. The first kappa shape index (κ1) is 12.0. The summed E-state index contributed by atoms with van der Waals surface area (Å²) in [6, 6.07) is 0.267. The van der Waals surface area contributed by atoms with Crippen molar-refractivity contribution in [2.45, 2.75) is 44.8 Å². The molecule has 17 heavy (non-hydrogen) atoms. The number of rotatable bonds is 4. The molecule has 6 heteroatoms. The molecule has 1 aromatic heterocycles. The van der Waals surface area contributed by atoms with E-state index in [9.17, 15) is 4.79 Å². The van der Waals surface area contributed by atoms with Crippen LogP contribution in [0.2, 0.25) is 0 Å². The zero-order valence-corrected chi connectivity index (χ0v) is 10.1. The maximum absolute atomic E-state index is 11.1. The molecule has 1 aliphatic carbocycles. The van der Waals surface area contributed by atoms with Crippen LogP contribution in [-0.2, 0) is 4.74 Å². The number of carbonyl (C=O) groups is 1. The third kappa shape index (κ3) is 2.17. The number of hydrogen-bond acceptors (Lipinski definition) is 4. The smallest absolute Gasteiger partial charge is 0.358 e. The van der Waals surface area contributed by atoms with Crippen LogP contribution in [0, 0.1) is 0 Å². The van der Waals surface area contributed by atoms with Gasteiger partial charge in [0, 0.05) is 7.11 Å². The van der Waals surface area contributed by atoms with Gasteiger partial charge in [-0.05, 0) is 19.8 Å². The van der Waals surface area contributed by atoms with Crippen molar-refractivity contribution in [1.82, 2.24) is 15.0 Å². The highest BCUT2D eigenvalue weighted by Crippen LogP contribution is 2.32. The van der Waals surface area contributed by atoms with Gasteiger partial charge in [-0.15, -0.1) is 5.10 Å². The molecule has 1 aromatic rings. The van der Waals surface area contributed by atoms with Crippen molar-refractivity contribution in [3.8, 4) is 0 Å². The molecule has 0 aliphatic heterocycles. The molecule has 2 rings (SSSR count). The lowest BCUT2D eigenvalue weighted by Crippen LogP contribution is -2.15. The standard InChI is InChI=1S/C11H17N3O3/c1-7(17-2)10-9(11(15)16)12-13-14(10)8-5-3-4-6-8/h7-8H,3-6H2,1-2H3,(H,15,16). The van der Waals surface area contributed by atoms with Gasteiger partial charge in [0.25, 0.3) is 0 Å². The van der Waals surface area contributed by atoms with Crippen molar-refractivity contribution in [3.05, 3.63) is 11.4 Å². The van der Waals surface area contributed by atoms with Crippen molar-refractivity contribution < 1.29 is 14.6 Å². The van der Waals surface area contributed by atoms with Gasteiger partial charge in [-0.1, -0.05) is 18.1 Å². The predicted octanol–water partition coefficient (Wildman–Crippen LogP) is 1.80. The molecule has 1 N–H and O–H groups in total. The Kier molecular flexibility index (Phi) is 3.42. The third-order valence-electron chi connectivity index (χ3n) is 3.34. The SMILES string of the molecule is COC(C)c1c(C(=O)O)nnn1C1CCCC1. The number of aromatic nitrogens is 3. The number of carboxylic acids is 1. The summed E-state index contributed by atoms with van der Waals surface area (Å²) in [7, 11) is 1.56. The number of nitrogens with zero attached hydrogens (tertiary/aromatic N) is 3. The topological polar surface area (TPSA) is 77.2 Å². The van der Waals surface area contributed by atoms with Gasteiger partial charge in [-0.2, -0.15) is 0 Å². The molecule has 1 aliphatic rings. The Morgan fingerprint density at radius 2 is 2.18 bits per heavy atom. The van der Waals surface area contributed by atoms with E-state index < -0.39 is 5.97 Å². The van der Waals surface area contributed by atoms with E-state index in [1.165, 1.54) is 0 Å². The molecule has 0 amide bonds. The quantitative estimate of drug-likeness (QED) is 0.866. The molecule has 0 spiro atoms. The van der Waals surface area contributed by atoms with Crippen LogP contribution in [0.5, 0.6) is 0 Å². The Balaban J connectivity index is 2.40. The van der Waals surface area contributed by atoms with Crippen molar-refractivity contribution in [1.29, 1.82) is 0 Å². The second-order valence-corrected chi connectivity index (χ2v) is 4.39. The molecule has 1 fully saturated rings. The molecule has 0 saturated heterocycles. The predicted molar refractivity (Wildman–Crippen MR) is 59.9 cm³/mol. The lowest BCUT2D eigenvalue weighted by molar-refractivity contribution is 0.0673. The number of methoxy groups -OCH3 is 1. The second kappa shape index (κ2) is 4.83. The summed E-state index contributed by atoms with van der Waals surface area (Å²) in [5.41, 5.74) is 0.582. The fourth-order valence-electron chi connectivity index (χ4n) is 2.36. The lowest BCUT2D eigenvalue weighted by Gasteiger charge is -2.17. The van der Waals surface area contributed by atoms with E-state index in [2.05, 4.69) is 10.3 Å². The number of ether oxygens (including phenoxy) is 1. The van der Waals surface area contributed by atoms with Gasteiger partial charge >= 0.3 is 5.97 Å². The second-order valence-electron chi connectivity index (χ2n) is 4.39. The first-order valence-corrected chi connectivity index (χ1v) is 5.86. The van der Waals surface area contributed by atoms with E-state index in [1.807, 2.05) is 6.92 Å². The van der Waals surface area contributed by atoms with Gasteiger partial charge in [0.05, 0.1) is 12.1 Å². The van der Waals surface area contributed by atoms with Crippen molar-refractivity contribution >= 4 is 5.97 Å². The van der Waals surface area contributed by atoms with Crippen LogP contribution < -0.4 is 0 Å². The highest BCUT2D eigenvalue weighted by Gasteiger charge is 2.28. The molecule has 1 heterocycles. The summed E-state index contributed by atoms with van der Waals surface area (Å²) in [6.07, 6.45) is 4.08. The minimum atomic E-state index is -1.05. The third-order valence-corrected chi connectivity index (χ3v) is 3.34. The van der Waals surface area contributed by atoms with Gasteiger partial charge in [0.1, 0.15) is 5.69 Å². The molecule has 0 radical (unpaired) electrons. The van der Waals surface area contributed by atoms with E-state index in [1.54, 1.807) is 11.8 Å². The van der Waals surface area contributed by atoms with Gasteiger partial charge in [-0.25, -0.2) is 9.48 Å². The Labute approximate surface area is 99.6 Å². The van der Waals surface area contributed by atoms with Crippen molar-refractivity contribution in [3.63, 3.8) is 0 Å². The summed E-state index contributed by atoms with van der Waals surface area (Å²) >= 11 is 0. The highest BCUT2D eigenvalue weighted by molar-refractivity contribution is 5.86. The fraction of sp³-hybridized carbons (Fsp3) is 0.727. The molecular formula is C11H17N3O3. The normalized spacial score (nSPS) is 18.5. The first-order valence-electron chi connectivity index (χ1n) is 5.86. The average molecular weight is 239 g/mol. The molecule has 1 saturated carbocycles. The summed E-state index contributed by atoms with van der Waals surface area (Å²) in [4.78, 5) is 11.1. The van der Waals surface area contributed by atoms with Gasteiger partial charge in [-0.3, -0.25) is 0 Å². The molecule has 6 nitrogen and oxygen atoms in total. The zero-order chi connectivity index (χ0) is 12.4. The Bertz CT molecular complexity index is 410. The van der Waals surface area contributed by atoms with E-state index >= 15 is 0 Å².